The summed E-state index contributed by atoms with van der Waals surface area (Å²) in [7, 11) is 0. The molecule has 13 heavy (non-hydrogen) atoms. The fourth-order valence-electron chi connectivity index (χ4n) is 2.29. The monoisotopic (exact) mass is 222 g/mol. The van der Waals surface area contributed by atoms with Crippen molar-refractivity contribution in [2.75, 3.05) is 0 Å². The average molecular weight is 223 g/mol. The summed E-state index contributed by atoms with van der Waals surface area (Å²) in [6.45, 7) is 0. The summed E-state index contributed by atoms with van der Waals surface area (Å²) in [4.78, 5) is 0. The van der Waals surface area contributed by atoms with Gasteiger partial charge in [0, 0.05) is 0 Å². The van der Waals surface area contributed by atoms with Crippen LogP contribution in [0.4, 0.5) is 0 Å². The predicted octanol–water partition coefficient (Wildman–Crippen LogP) is 3.32. The van der Waals surface area contributed by atoms with E-state index >= 15 is 0 Å². The molecule has 2 saturated carbocycles. The Labute approximate surface area is 89.7 Å². The second kappa shape index (κ2) is 4.37. The zero-order chi connectivity index (χ0) is 9.26. The first-order chi connectivity index (χ1) is 6.27. The first kappa shape index (κ1) is 10.1. The fourth-order valence-corrected chi connectivity index (χ4v) is 2.97. The molecule has 3 heteroatoms. The Kier molecular flexibility index (Phi) is 3.39. The minimum atomic E-state index is 0.226. The van der Waals surface area contributed by atoms with Gasteiger partial charge in [-0.3, -0.25) is 0 Å². The molecule has 2 aliphatic carbocycles. The molecule has 2 rings (SSSR count). The van der Waals surface area contributed by atoms with E-state index in [-0.39, 0.29) is 23.0 Å². The lowest BCUT2D eigenvalue weighted by atomic mass is 10.2. The van der Waals surface area contributed by atoms with Crippen LogP contribution in [-0.2, 0) is 4.74 Å². The van der Waals surface area contributed by atoms with Gasteiger partial charge in [-0.05, 0) is 38.5 Å². The van der Waals surface area contributed by atoms with Crippen LogP contribution in [0.3, 0.4) is 0 Å². The average Bonchev–Trinajstić information content (AvgIpc) is 2.65. The predicted molar refractivity (Wildman–Crippen MR) is 55.6 cm³/mol. The number of halogens is 2. The first-order valence-corrected chi connectivity index (χ1v) is 6.08. The van der Waals surface area contributed by atoms with E-state index in [0.29, 0.717) is 0 Å². The van der Waals surface area contributed by atoms with E-state index in [4.69, 9.17) is 27.9 Å². The zero-order valence-corrected chi connectivity index (χ0v) is 9.23. The molecule has 2 fully saturated rings. The molecule has 0 saturated heterocycles. The Bertz CT molecular complexity index is 156. The van der Waals surface area contributed by atoms with Crippen LogP contribution in [0.15, 0.2) is 0 Å². The van der Waals surface area contributed by atoms with Gasteiger partial charge in [0.05, 0.1) is 23.0 Å². The molecule has 1 nitrogen and oxygen atoms in total. The molecule has 0 N–H and O–H groups in total. The SMILES string of the molecule is ClC1CCCC1OC1CCCC1Cl. The summed E-state index contributed by atoms with van der Waals surface area (Å²) < 4.78 is 5.93. The van der Waals surface area contributed by atoms with Gasteiger partial charge in [-0.15, -0.1) is 23.2 Å². The van der Waals surface area contributed by atoms with Gasteiger partial charge in [0.25, 0.3) is 0 Å². The van der Waals surface area contributed by atoms with Crippen LogP contribution in [-0.4, -0.2) is 23.0 Å². The molecular formula is C10H16Cl2O. The number of ether oxygens (including phenoxy) is 1. The molecule has 0 spiro atoms. The summed E-state index contributed by atoms with van der Waals surface area (Å²) in [5, 5.41) is 0.453. The van der Waals surface area contributed by atoms with E-state index in [1.165, 1.54) is 12.8 Å². The van der Waals surface area contributed by atoms with Crippen molar-refractivity contribution in [2.45, 2.75) is 61.5 Å². The molecule has 0 bridgehead atoms. The summed E-state index contributed by atoms with van der Waals surface area (Å²) in [6.07, 6.45) is 7.40. The van der Waals surface area contributed by atoms with E-state index in [1.807, 2.05) is 0 Å². The van der Waals surface area contributed by atoms with Gasteiger partial charge in [-0.1, -0.05) is 0 Å². The van der Waals surface area contributed by atoms with Gasteiger partial charge in [0.2, 0.25) is 0 Å². The van der Waals surface area contributed by atoms with E-state index in [0.717, 1.165) is 25.7 Å². The molecule has 0 aromatic carbocycles. The maximum absolute atomic E-state index is 6.14. The fraction of sp³-hybridized carbons (Fsp3) is 1.00. The van der Waals surface area contributed by atoms with Crippen molar-refractivity contribution in [1.82, 2.24) is 0 Å². The molecule has 0 aromatic heterocycles. The zero-order valence-electron chi connectivity index (χ0n) is 7.72. The Hall–Kier alpha value is 0.540. The van der Waals surface area contributed by atoms with Crippen molar-refractivity contribution in [2.24, 2.45) is 0 Å². The minimum absolute atomic E-state index is 0.226. The highest BCUT2D eigenvalue weighted by atomic mass is 35.5. The number of hydrogen-bond acceptors (Lipinski definition) is 1. The Balaban J connectivity index is 1.82. The van der Waals surface area contributed by atoms with Crippen molar-refractivity contribution in [3.63, 3.8) is 0 Å². The molecule has 0 aliphatic heterocycles. The largest absolute Gasteiger partial charge is 0.372 e. The smallest absolute Gasteiger partial charge is 0.0743 e. The lowest BCUT2D eigenvalue weighted by Gasteiger charge is -2.22. The number of hydrogen-bond donors (Lipinski definition) is 0. The van der Waals surface area contributed by atoms with Crippen LogP contribution < -0.4 is 0 Å². The maximum Gasteiger partial charge on any atom is 0.0743 e. The molecule has 0 amide bonds. The molecule has 4 atom stereocenters. The van der Waals surface area contributed by atoms with Gasteiger partial charge in [0.15, 0.2) is 0 Å². The minimum Gasteiger partial charge on any atom is -0.372 e. The molecule has 0 aromatic rings. The number of alkyl halides is 2. The quantitative estimate of drug-likeness (QED) is 0.652. The van der Waals surface area contributed by atoms with Crippen LogP contribution >= 0.6 is 23.2 Å². The summed E-state index contributed by atoms with van der Waals surface area (Å²) in [5.74, 6) is 0. The lowest BCUT2D eigenvalue weighted by Crippen LogP contribution is -2.28. The second-order valence-electron chi connectivity index (χ2n) is 4.11. The van der Waals surface area contributed by atoms with E-state index < -0.39 is 0 Å². The lowest BCUT2D eigenvalue weighted by molar-refractivity contribution is 0.0000435. The van der Waals surface area contributed by atoms with Gasteiger partial charge in [-0.25, -0.2) is 0 Å². The summed E-state index contributed by atoms with van der Waals surface area (Å²) in [6, 6.07) is 0. The molecule has 0 radical (unpaired) electrons. The Morgan fingerprint density at radius 1 is 0.769 bits per heavy atom. The normalized spacial score (nSPS) is 45.7. The van der Waals surface area contributed by atoms with Crippen molar-refractivity contribution in [3.05, 3.63) is 0 Å². The Morgan fingerprint density at radius 3 is 1.54 bits per heavy atom. The second-order valence-corrected chi connectivity index (χ2v) is 5.23. The highest BCUT2D eigenvalue weighted by molar-refractivity contribution is 6.21. The highest BCUT2D eigenvalue weighted by Crippen LogP contribution is 2.33. The molecule has 0 heterocycles. The highest BCUT2D eigenvalue weighted by Gasteiger charge is 2.33. The van der Waals surface area contributed by atoms with Crippen LogP contribution in [0.5, 0.6) is 0 Å². The molecule has 2 aliphatic rings. The van der Waals surface area contributed by atoms with Crippen molar-refractivity contribution in [3.8, 4) is 0 Å². The maximum atomic E-state index is 6.14. The van der Waals surface area contributed by atoms with Gasteiger partial charge in [0.1, 0.15) is 0 Å². The standard InChI is InChI=1S/C10H16Cl2O/c11-7-3-1-5-9(7)13-10-6-2-4-8(10)12/h7-10H,1-6H2. The summed E-state index contributed by atoms with van der Waals surface area (Å²) >= 11 is 12.3. The van der Waals surface area contributed by atoms with Crippen LogP contribution in [0.25, 0.3) is 0 Å². The molecule has 76 valence electrons. The molecular weight excluding hydrogens is 207 g/mol. The van der Waals surface area contributed by atoms with Crippen molar-refractivity contribution >= 4 is 23.2 Å². The third kappa shape index (κ3) is 2.31. The van der Waals surface area contributed by atoms with E-state index in [2.05, 4.69) is 0 Å². The van der Waals surface area contributed by atoms with E-state index in [1.54, 1.807) is 0 Å². The van der Waals surface area contributed by atoms with Gasteiger partial charge >= 0.3 is 0 Å². The van der Waals surface area contributed by atoms with E-state index in [9.17, 15) is 0 Å². The van der Waals surface area contributed by atoms with Gasteiger partial charge in [-0.2, -0.15) is 0 Å². The number of rotatable bonds is 2. The first-order valence-electron chi connectivity index (χ1n) is 5.21. The summed E-state index contributed by atoms with van der Waals surface area (Å²) in [5.41, 5.74) is 0. The van der Waals surface area contributed by atoms with Crippen molar-refractivity contribution in [1.29, 1.82) is 0 Å². The Morgan fingerprint density at radius 2 is 1.23 bits per heavy atom. The third-order valence-corrected chi connectivity index (χ3v) is 4.09. The van der Waals surface area contributed by atoms with Crippen molar-refractivity contribution < 1.29 is 4.74 Å². The van der Waals surface area contributed by atoms with Gasteiger partial charge < -0.3 is 4.74 Å². The van der Waals surface area contributed by atoms with Crippen LogP contribution in [0.2, 0.25) is 0 Å². The molecule has 4 unspecified atom stereocenters. The topological polar surface area (TPSA) is 9.23 Å². The van der Waals surface area contributed by atoms with Crippen LogP contribution in [0.1, 0.15) is 38.5 Å². The third-order valence-electron chi connectivity index (χ3n) is 3.09. The van der Waals surface area contributed by atoms with Crippen LogP contribution in [0, 0.1) is 0 Å².